The summed E-state index contributed by atoms with van der Waals surface area (Å²) >= 11 is 0. The zero-order chi connectivity index (χ0) is 15.7. The van der Waals surface area contributed by atoms with E-state index in [-0.39, 0.29) is 12.0 Å². The molecule has 3 N–H and O–H groups in total. The first-order valence-corrected chi connectivity index (χ1v) is 8.28. The van der Waals surface area contributed by atoms with Crippen molar-refractivity contribution >= 4 is 0 Å². The monoisotopic (exact) mass is 293 g/mol. The predicted molar refractivity (Wildman–Crippen MR) is 88.7 cm³/mol. The largest absolute Gasteiger partial charge is 0.494 e. The Morgan fingerprint density at radius 1 is 1.05 bits per heavy atom. The van der Waals surface area contributed by atoms with Gasteiger partial charge in [-0.1, -0.05) is 38.8 Å². The maximum absolute atomic E-state index is 10.7. The van der Waals surface area contributed by atoms with Crippen LogP contribution >= 0.6 is 0 Å². The molecule has 0 amide bonds. The topological polar surface area (TPSA) is 55.5 Å². The van der Waals surface area contributed by atoms with E-state index in [1.807, 2.05) is 31.2 Å². The van der Waals surface area contributed by atoms with Crippen molar-refractivity contribution in [3.05, 3.63) is 29.8 Å². The number of aliphatic hydroxyl groups is 1. The lowest BCUT2D eigenvalue weighted by Gasteiger charge is -2.29. The first kappa shape index (κ1) is 18.0. The van der Waals surface area contributed by atoms with E-state index in [1.165, 1.54) is 0 Å². The highest BCUT2D eigenvalue weighted by Gasteiger charge is 2.27. The molecule has 1 aromatic carbocycles. The molecule has 120 valence electrons. The molecule has 0 aliphatic carbocycles. The molecular weight excluding hydrogens is 262 g/mol. The zero-order valence-electron chi connectivity index (χ0n) is 13.7. The molecule has 0 fully saturated rings. The third-order valence-corrected chi connectivity index (χ3v) is 4.09. The van der Waals surface area contributed by atoms with Gasteiger partial charge in [-0.15, -0.1) is 0 Å². The van der Waals surface area contributed by atoms with E-state index in [1.54, 1.807) is 0 Å². The van der Waals surface area contributed by atoms with Crippen LogP contribution in [0.25, 0.3) is 0 Å². The summed E-state index contributed by atoms with van der Waals surface area (Å²) in [4.78, 5) is 0. The third-order valence-electron chi connectivity index (χ3n) is 4.09. The second kappa shape index (κ2) is 9.80. The first-order chi connectivity index (χ1) is 10.2. The Morgan fingerprint density at radius 3 is 2.05 bits per heavy atom. The fourth-order valence-electron chi connectivity index (χ4n) is 3.01. The van der Waals surface area contributed by atoms with Gasteiger partial charge in [0.2, 0.25) is 0 Å². The fourth-order valence-corrected chi connectivity index (χ4v) is 3.01. The quantitative estimate of drug-likeness (QED) is 0.691. The second-order valence-corrected chi connectivity index (χ2v) is 5.67. The SMILES string of the molecule is CCCC(CCC)C(O)C(CN)c1ccc(OCC)cc1. The molecule has 0 aromatic heterocycles. The fraction of sp³-hybridized carbons (Fsp3) is 0.667. The van der Waals surface area contributed by atoms with Gasteiger partial charge in [-0.25, -0.2) is 0 Å². The van der Waals surface area contributed by atoms with Crippen molar-refractivity contribution in [2.24, 2.45) is 11.7 Å². The van der Waals surface area contributed by atoms with Crippen LogP contribution in [0.2, 0.25) is 0 Å². The van der Waals surface area contributed by atoms with Gasteiger partial charge in [0, 0.05) is 12.5 Å². The summed E-state index contributed by atoms with van der Waals surface area (Å²) in [5.41, 5.74) is 7.04. The van der Waals surface area contributed by atoms with E-state index in [4.69, 9.17) is 10.5 Å². The summed E-state index contributed by atoms with van der Waals surface area (Å²) in [5, 5.41) is 10.7. The summed E-state index contributed by atoms with van der Waals surface area (Å²) in [6, 6.07) is 7.98. The van der Waals surface area contributed by atoms with Crippen molar-refractivity contribution in [3.8, 4) is 5.75 Å². The molecule has 0 saturated heterocycles. The number of hydrogen-bond donors (Lipinski definition) is 2. The van der Waals surface area contributed by atoms with Crippen molar-refractivity contribution in [2.45, 2.75) is 58.5 Å². The number of ether oxygens (including phenoxy) is 1. The summed E-state index contributed by atoms with van der Waals surface area (Å²) in [6.07, 6.45) is 3.95. The highest BCUT2D eigenvalue weighted by molar-refractivity contribution is 5.30. The normalized spacial score (nSPS) is 14.2. The van der Waals surface area contributed by atoms with Gasteiger partial charge in [0.05, 0.1) is 12.7 Å². The van der Waals surface area contributed by atoms with Crippen LogP contribution in [0.15, 0.2) is 24.3 Å². The number of hydrogen-bond acceptors (Lipinski definition) is 3. The molecule has 0 radical (unpaired) electrons. The number of rotatable bonds is 10. The lowest BCUT2D eigenvalue weighted by Crippen LogP contribution is -2.32. The van der Waals surface area contributed by atoms with Gasteiger partial charge in [-0.3, -0.25) is 0 Å². The summed E-state index contributed by atoms with van der Waals surface area (Å²) in [6.45, 7) is 7.45. The lowest BCUT2D eigenvalue weighted by atomic mass is 9.81. The molecule has 21 heavy (non-hydrogen) atoms. The lowest BCUT2D eigenvalue weighted by molar-refractivity contribution is 0.0722. The molecular formula is C18H31NO2. The van der Waals surface area contributed by atoms with E-state index in [0.717, 1.165) is 37.0 Å². The standard InChI is InChI=1S/C18H31NO2/c1-4-7-15(8-5-2)18(20)17(13-19)14-9-11-16(12-10-14)21-6-3/h9-12,15,17-18,20H,4-8,13,19H2,1-3H3. The molecule has 1 rings (SSSR count). The highest BCUT2D eigenvalue weighted by atomic mass is 16.5. The predicted octanol–water partition coefficient (Wildman–Crippen LogP) is 3.70. The number of nitrogens with two attached hydrogens (primary N) is 1. The molecule has 3 nitrogen and oxygen atoms in total. The zero-order valence-corrected chi connectivity index (χ0v) is 13.7. The van der Waals surface area contributed by atoms with Crippen LogP contribution in [-0.4, -0.2) is 24.4 Å². The number of benzene rings is 1. The van der Waals surface area contributed by atoms with Crippen LogP contribution in [0, 0.1) is 5.92 Å². The molecule has 0 aliphatic rings. The van der Waals surface area contributed by atoms with Gasteiger partial charge < -0.3 is 15.6 Å². The highest BCUT2D eigenvalue weighted by Crippen LogP contribution is 2.30. The van der Waals surface area contributed by atoms with E-state index >= 15 is 0 Å². The van der Waals surface area contributed by atoms with Crippen LogP contribution in [0.5, 0.6) is 5.75 Å². The van der Waals surface area contributed by atoms with Crippen LogP contribution in [0.4, 0.5) is 0 Å². The van der Waals surface area contributed by atoms with E-state index < -0.39 is 0 Å². The van der Waals surface area contributed by atoms with Crippen LogP contribution < -0.4 is 10.5 Å². The van der Waals surface area contributed by atoms with Gasteiger partial charge in [-0.05, 0) is 43.4 Å². The molecule has 0 aliphatic heterocycles. The third kappa shape index (κ3) is 5.33. The van der Waals surface area contributed by atoms with E-state index in [0.29, 0.717) is 19.1 Å². The van der Waals surface area contributed by atoms with Gasteiger partial charge in [-0.2, -0.15) is 0 Å². The Labute approximate surface area is 129 Å². The maximum Gasteiger partial charge on any atom is 0.119 e. The minimum atomic E-state index is -0.368. The number of aliphatic hydroxyl groups excluding tert-OH is 1. The molecule has 0 heterocycles. The molecule has 1 aromatic rings. The van der Waals surface area contributed by atoms with E-state index in [2.05, 4.69) is 13.8 Å². The van der Waals surface area contributed by atoms with Gasteiger partial charge in [0.15, 0.2) is 0 Å². The molecule has 2 unspecified atom stereocenters. The Bertz CT molecular complexity index is 371. The first-order valence-electron chi connectivity index (χ1n) is 8.28. The molecule has 0 spiro atoms. The Morgan fingerprint density at radius 2 is 1.62 bits per heavy atom. The summed E-state index contributed by atoms with van der Waals surface area (Å²) in [7, 11) is 0. The van der Waals surface area contributed by atoms with Crippen molar-refractivity contribution in [2.75, 3.05) is 13.2 Å². The van der Waals surface area contributed by atoms with E-state index in [9.17, 15) is 5.11 Å². The average Bonchev–Trinajstić information content (AvgIpc) is 2.49. The Hall–Kier alpha value is -1.06. The molecule has 3 heteroatoms. The van der Waals surface area contributed by atoms with Crippen molar-refractivity contribution in [1.82, 2.24) is 0 Å². The smallest absolute Gasteiger partial charge is 0.119 e. The van der Waals surface area contributed by atoms with Gasteiger partial charge in [0.25, 0.3) is 0 Å². The maximum atomic E-state index is 10.7. The second-order valence-electron chi connectivity index (χ2n) is 5.67. The molecule has 0 bridgehead atoms. The van der Waals surface area contributed by atoms with Crippen LogP contribution in [0.3, 0.4) is 0 Å². The van der Waals surface area contributed by atoms with Gasteiger partial charge in [0.1, 0.15) is 5.75 Å². The summed E-state index contributed by atoms with van der Waals surface area (Å²) in [5.74, 6) is 1.20. The van der Waals surface area contributed by atoms with Crippen LogP contribution in [0.1, 0.15) is 57.9 Å². The minimum absolute atomic E-state index is 0.00350. The molecule has 2 atom stereocenters. The van der Waals surface area contributed by atoms with Crippen LogP contribution in [-0.2, 0) is 0 Å². The van der Waals surface area contributed by atoms with Gasteiger partial charge >= 0.3 is 0 Å². The molecule has 0 saturated carbocycles. The summed E-state index contributed by atoms with van der Waals surface area (Å²) < 4.78 is 5.47. The minimum Gasteiger partial charge on any atom is -0.494 e. The van der Waals surface area contributed by atoms with Crippen molar-refractivity contribution in [3.63, 3.8) is 0 Å². The average molecular weight is 293 g/mol. The van der Waals surface area contributed by atoms with Crippen molar-refractivity contribution in [1.29, 1.82) is 0 Å². The Kier molecular flexibility index (Phi) is 8.40. The van der Waals surface area contributed by atoms with Crippen molar-refractivity contribution < 1.29 is 9.84 Å². The Balaban J connectivity index is 2.83.